The van der Waals surface area contributed by atoms with Gasteiger partial charge in [0, 0.05) is 24.8 Å². The molecule has 1 aromatic carbocycles. The third-order valence-corrected chi connectivity index (χ3v) is 3.38. The first-order valence-electron chi connectivity index (χ1n) is 7.49. The monoisotopic (exact) mass is 322 g/mol. The second kappa shape index (κ2) is 7.82. The summed E-state index contributed by atoms with van der Waals surface area (Å²) >= 11 is 0. The topological polar surface area (TPSA) is 77.1 Å². The molecule has 0 saturated carbocycles. The number of hydrogen-bond acceptors (Lipinski definition) is 5. The Kier molecular flexibility index (Phi) is 5.81. The molecule has 0 aliphatic carbocycles. The van der Waals surface area contributed by atoms with E-state index in [1.54, 1.807) is 29.2 Å². The molecular weight excluding hydrogens is 300 g/mol. The fourth-order valence-corrected chi connectivity index (χ4v) is 2.41. The molecule has 1 heterocycles. The van der Waals surface area contributed by atoms with E-state index in [1.807, 2.05) is 13.8 Å². The molecule has 1 aromatic rings. The number of amides is 2. The molecule has 0 unspecified atom stereocenters. The minimum Gasteiger partial charge on any atom is -0.482 e. The number of hydrogen-bond donors (Lipinski definition) is 1. The summed E-state index contributed by atoms with van der Waals surface area (Å²) in [6.07, 6.45) is 0.0263. The zero-order chi connectivity index (χ0) is 16.8. The van der Waals surface area contributed by atoms with Crippen molar-refractivity contribution >= 4 is 17.7 Å². The molecule has 23 heavy (non-hydrogen) atoms. The van der Waals surface area contributed by atoms with Gasteiger partial charge in [0.2, 0.25) is 0 Å². The minimum atomic E-state index is -0.462. The van der Waals surface area contributed by atoms with E-state index in [0.29, 0.717) is 24.5 Å². The van der Waals surface area contributed by atoms with Crippen molar-refractivity contribution in [2.45, 2.75) is 26.1 Å². The van der Waals surface area contributed by atoms with Crippen molar-refractivity contribution in [1.82, 2.24) is 4.90 Å². The van der Waals surface area contributed by atoms with Crippen molar-refractivity contribution in [3.63, 3.8) is 0 Å². The highest BCUT2D eigenvalue weighted by molar-refractivity contribution is 5.89. The maximum Gasteiger partial charge on any atom is 0.343 e. The fraction of sp³-hybridized carbons (Fsp3) is 0.500. The Bertz CT molecular complexity index is 553. The van der Waals surface area contributed by atoms with Crippen molar-refractivity contribution in [2.24, 2.45) is 0 Å². The van der Waals surface area contributed by atoms with Gasteiger partial charge in [-0.1, -0.05) is 6.07 Å². The van der Waals surface area contributed by atoms with Gasteiger partial charge >= 0.3 is 12.0 Å². The molecule has 2 amide bonds. The molecule has 1 fully saturated rings. The number of carbonyl (C=O) groups is 2. The van der Waals surface area contributed by atoms with Crippen molar-refractivity contribution in [3.05, 3.63) is 24.3 Å². The summed E-state index contributed by atoms with van der Waals surface area (Å²) in [4.78, 5) is 25.1. The number of ether oxygens (including phenoxy) is 3. The predicted molar refractivity (Wildman–Crippen MR) is 84.6 cm³/mol. The SMILES string of the molecule is COC(=O)COc1cccc(NC(=O)N2C[C@@H](C)O[C@@H](C)C2)c1. The van der Waals surface area contributed by atoms with Gasteiger partial charge in [0.25, 0.3) is 0 Å². The van der Waals surface area contributed by atoms with Crippen LogP contribution < -0.4 is 10.1 Å². The number of urea groups is 1. The molecule has 7 nitrogen and oxygen atoms in total. The zero-order valence-corrected chi connectivity index (χ0v) is 13.6. The molecule has 126 valence electrons. The number of nitrogens with one attached hydrogen (secondary N) is 1. The Balaban J connectivity index is 1.94. The van der Waals surface area contributed by atoms with Crippen molar-refractivity contribution in [2.75, 3.05) is 32.1 Å². The molecule has 1 aliphatic heterocycles. The van der Waals surface area contributed by atoms with E-state index in [0.717, 1.165) is 0 Å². The highest BCUT2D eigenvalue weighted by Gasteiger charge is 2.25. The van der Waals surface area contributed by atoms with Crippen LogP contribution in [0.15, 0.2) is 24.3 Å². The molecule has 1 saturated heterocycles. The second-order valence-electron chi connectivity index (χ2n) is 5.49. The van der Waals surface area contributed by atoms with Crippen molar-refractivity contribution in [1.29, 1.82) is 0 Å². The van der Waals surface area contributed by atoms with Crippen LogP contribution >= 0.6 is 0 Å². The van der Waals surface area contributed by atoms with Crippen molar-refractivity contribution < 1.29 is 23.8 Å². The highest BCUT2D eigenvalue weighted by Crippen LogP contribution is 2.19. The number of anilines is 1. The summed E-state index contributed by atoms with van der Waals surface area (Å²) < 4.78 is 15.4. The maximum absolute atomic E-state index is 12.3. The molecular formula is C16H22N2O5. The van der Waals surface area contributed by atoms with Gasteiger partial charge in [0.05, 0.1) is 19.3 Å². The lowest BCUT2D eigenvalue weighted by Crippen LogP contribution is -2.49. The van der Waals surface area contributed by atoms with Gasteiger partial charge in [0.15, 0.2) is 6.61 Å². The lowest BCUT2D eigenvalue weighted by Gasteiger charge is -2.35. The second-order valence-corrected chi connectivity index (χ2v) is 5.49. The van der Waals surface area contributed by atoms with Crippen LogP contribution in [-0.2, 0) is 14.3 Å². The average Bonchev–Trinajstić information content (AvgIpc) is 2.52. The first-order valence-corrected chi connectivity index (χ1v) is 7.49. The van der Waals surface area contributed by atoms with Gasteiger partial charge in [-0.3, -0.25) is 0 Å². The third kappa shape index (κ3) is 5.14. The fourth-order valence-electron chi connectivity index (χ4n) is 2.41. The summed E-state index contributed by atoms with van der Waals surface area (Å²) in [6.45, 7) is 4.81. The quantitative estimate of drug-likeness (QED) is 0.857. The van der Waals surface area contributed by atoms with Gasteiger partial charge in [-0.05, 0) is 26.0 Å². The third-order valence-electron chi connectivity index (χ3n) is 3.38. The Labute approximate surface area is 135 Å². The van der Waals surface area contributed by atoms with Crippen LogP contribution in [0.3, 0.4) is 0 Å². The van der Waals surface area contributed by atoms with Crippen LogP contribution in [-0.4, -0.2) is 55.9 Å². The molecule has 0 aromatic heterocycles. The van der Waals surface area contributed by atoms with Gasteiger partial charge in [-0.2, -0.15) is 0 Å². The van der Waals surface area contributed by atoms with Gasteiger partial charge in [0.1, 0.15) is 5.75 Å². The Morgan fingerprint density at radius 3 is 2.65 bits per heavy atom. The van der Waals surface area contributed by atoms with Crippen molar-refractivity contribution in [3.8, 4) is 5.75 Å². The molecule has 0 radical (unpaired) electrons. The summed E-state index contributed by atoms with van der Waals surface area (Å²) in [6, 6.07) is 6.69. The van der Waals surface area contributed by atoms with Crippen LogP contribution in [0.2, 0.25) is 0 Å². The average molecular weight is 322 g/mol. The number of benzene rings is 1. The first-order chi connectivity index (χ1) is 11.0. The predicted octanol–water partition coefficient (Wildman–Crippen LogP) is 1.88. The smallest absolute Gasteiger partial charge is 0.343 e. The van der Waals surface area contributed by atoms with E-state index in [1.165, 1.54) is 7.11 Å². The minimum absolute atomic E-state index is 0.0132. The number of morpholine rings is 1. The normalized spacial score (nSPS) is 20.7. The maximum atomic E-state index is 12.3. The molecule has 2 rings (SSSR count). The molecule has 0 spiro atoms. The van der Waals surface area contributed by atoms with Gasteiger partial charge in [-0.25, -0.2) is 9.59 Å². The van der Waals surface area contributed by atoms with Crippen LogP contribution in [0.5, 0.6) is 5.75 Å². The standard InChI is InChI=1S/C16H22N2O5/c1-11-8-18(9-12(2)23-11)16(20)17-13-5-4-6-14(7-13)22-10-15(19)21-3/h4-7,11-12H,8-10H2,1-3H3,(H,17,20)/t11-,12+. The highest BCUT2D eigenvalue weighted by atomic mass is 16.6. The Morgan fingerprint density at radius 1 is 1.30 bits per heavy atom. The summed E-state index contributed by atoms with van der Waals surface area (Å²) in [5.74, 6) is 0.0210. The van der Waals surface area contributed by atoms with E-state index in [-0.39, 0.29) is 24.8 Å². The molecule has 7 heteroatoms. The molecule has 2 atom stereocenters. The number of esters is 1. The van der Waals surface area contributed by atoms with Gasteiger partial charge in [-0.15, -0.1) is 0 Å². The number of carbonyl (C=O) groups excluding carboxylic acids is 2. The van der Waals surface area contributed by atoms with E-state index >= 15 is 0 Å². The van der Waals surface area contributed by atoms with Crippen LogP contribution in [0, 0.1) is 0 Å². The number of rotatable bonds is 4. The summed E-state index contributed by atoms with van der Waals surface area (Å²) in [5, 5.41) is 2.83. The van der Waals surface area contributed by atoms with E-state index < -0.39 is 5.97 Å². The molecule has 1 N–H and O–H groups in total. The lowest BCUT2D eigenvalue weighted by atomic mass is 10.2. The lowest BCUT2D eigenvalue weighted by molar-refractivity contribution is -0.142. The first kappa shape index (κ1) is 17.1. The van der Waals surface area contributed by atoms with Crippen LogP contribution in [0.4, 0.5) is 10.5 Å². The van der Waals surface area contributed by atoms with Gasteiger partial charge < -0.3 is 24.4 Å². The van der Waals surface area contributed by atoms with E-state index in [9.17, 15) is 9.59 Å². The number of methoxy groups -OCH3 is 1. The Hall–Kier alpha value is -2.28. The van der Waals surface area contributed by atoms with Crippen LogP contribution in [0.1, 0.15) is 13.8 Å². The number of nitrogens with zero attached hydrogens (tertiary/aromatic N) is 1. The summed E-state index contributed by atoms with van der Waals surface area (Å²) in [7, 11) is 1.30. The summed E-state index contributed by atoms with van der Waals surface area (Å²) in [5.41, 5.74) is 0.601. The van der Waals surface area contributed by atoms with Crippen LogP contribution in [0.25, 0.3) is 0 Å². The zero-order valence-electron chi connectivity index (χ0n) is 13.6. The van der Waals surface area contributed by atoms with E-state index in [4.69, 9.17) is 9.47 Å². The van der Waals surface area contributed by atoms with E-state index in [2.05, 4.69) is 10.1 Å². The molecule has 1 aliphatic rings. The Morgan fingerprint density at radius 2 is 2.00 bits per heavy atom. The molecule has 0 bridgehead atoms. The largest absolute Gasteiger partial charge is 0.482 e.